The number of rotatable bonds is 4. The van der Waals surface area contributed by atoms with E-state index in [9.17, 15) is 9.59 Å². The smallest absolute Gasteiger partial charge is 0.323 e. The van der Waals surface area contributed by atoms with Gasteiger partial charge < -0.3 is 19.5 Å². The first kappa shape index (κ1) is 13.5. The molecule has 0 bridgehead atoms. The Morgan fingerprint density at radius 2 is 2.16 bits per heavy atom. The summed E-state index contributed by atoms with van der Waals surface area (Å²) in [6.07, 6.45) is 0. The quantitative estimate of drug-likeness (QED) is 0.907. The molecule has 0 saturated carbocycles. The number of carbonyl (C=O) groups excluding carboxylic acids is 1. The van der Waals surface area contributed by atoms with Gasteiger partial charge in [-0.3, -0.25) is 9.59 Å². The Labute approximate surface area is 114 Å². The van der Waals surface area contributed by atoms with E-state index >= 15 is 0 Å². The Balaban J connectivity index is 2.20. The molecule has 2 rings (SSSR count). The van der Waals surface area contributed by atoms with E-state index in [1.54, 1.807) is 12.1 Å². The highest BCUT2D eigenvalue weighted by molar-refractivity contribution is 6.32. The summed E-state index contributed by atoms with van der Waals surface area (Å²) < 4.78 is 10.4. The van der Waals surface area contributed by atoms with Crippen LogP contribution in [0.25, 0.3) is 0 Å². The fraction of sp³-hybridized carbons (Fsp3) is 0.333. The van der Waals surface area contributed by atoms with Gasteiger partial charge in [0, 0.05) is 13.5 Å². The van der Waals surface area contributed by atoms with Crippen LogP contribution in [-0.4, -0.2) is 35.2 Å². The zero-order valence-corrected chi connectivity index (χ0v) is 10.9. The van der Waals surface area contributed by atoms with Gasteiger partial charge in [-0.05, 0) is 17.7 Å². The van der Waals surface area contributed by atoms with Crippen LogP contribution in [0, 0.1) is 0 Å². The summed E-state index contributed by atoms with van der Waals surface area (Å²) in [5, 5.41) is 9.13. The predicted molar refractivity (Wildman–Crippen MR) is 66.3 cm³/mol. The Hall–Kier alpha value is -1.95. The summed E-state index contributed by atoms with van der Waals surface area (Å²) in [4.78, 5) is 23.3. The number of carboxylic acids is 1. The van der Waals surface area contributed by atoms with E-state index in [1.165, 1.54) is 11.8 Å². The minimum Gasteiger partial charge on any atom is -0.480 e. The fourth-order valence-electron chi connectivity index (χ4n) is 1.77. The Kier molecular flexibility index (Phi) is 3.80. The van der Waals surface area contributed by atoms with Gasteiger partial charge in [-0.2, -0.15) is 0 Å². The summed E-state index contributed by atoms with van der Waals surface area (Å²) in [7, 11) is 0. The highest BCUT2D eigenvalue weighted by atomic mass is 35.5. The van der Waals surface area contributed by atoms with E-state index in [4.69, 9.17) is 26.2 Å². The second kappa shape index (κ2) is 5.36. The van der Waals surface area contributed by atoms with E-state index in [-0.39, 0.29) is 25.8 Å². The lowest BCUT2D eigenvalue weighted by atomic mass is 10.2. The van der Waals surface area contributed by atoms with E-state index < -0.39 is 5.97 Å². The highest BCUT2D eigenvalue weighted by Crippen LogP contribution is 2.39. The number of aliphatic carboxylic acids is 1. The molecule has 102 valence electrons. The topological polar surface area (TPSA) is 76.1 Å². The van der Waals surface area contributed by atoms with Crippen molar-refractivity contribution in [2.75, 3.05) is 13.3 Å². The molecule has 0 radical (unpaired) electrons. The third-order valence-corrected chi connectivity index (χ3v) is 2.91. The van der Waals surface area contributed by atoms with Crippen molar-refractivity contribution in [1.82, 2.24) is 4.90 Å². The van der Waals surface area contributed by atoms with Crippen LogP contribution in [0.2, 0.25) is 5.02 Å². The van der Waals surface area contributed by atoms with Crippen LogP contribution in [0.15, 0.2) is 12.1 Å². The Morgan fingerprint density at radius 1 is 1.42 bits per heavy atom. The fourth-order valence-corrected chi connectivity index (χ4v) is 2.06. The van der Waals surface area contributed by atoms with Gasteiger partial charge in [0.25, 0.3) is 0 Å². The lowest BCUT2D eigenvalue weighted by Crippen LogP contribution is -2.33. The maximum Gasteiger partial charge on any atom is 0.323 e. The molecule has 7 heteroatoms. The lowest BCUT2D eigenvalue weighted by molar-refractivity contribution is -0.144. The van der Waals surface area contributed by atoms with E-state index in [0.29, 0.717) is 22.1 Å². The molecule has 0 aliphatic carbocycles. The minimum atomic E-state index is -1.07. The van der Waals surface area contributed by atoms with Crippen LogP contribution < -0.4 is 9.47 Å². The molecule has 0 fully saturated rings. The summed E-state index contributed by atoms with van der Waals surface area (Å²) in [6, 6.07) is 3.32. The van der Waals surface area contributed by atoms with Gasteiger partial charge in [-0.1, -0.05) is 11.6 Å². The van der Waals surface area contributed by atoms with Gasteiger partial charge in [-0.15, -0.1) is 0 Å². The van der Waals surface area contributed by atoms with Crippen LogP contribution in [0.3, 0.4) is 0 Å². The van der Waals surface area contributed by atoms with Gasteiger partial charge in [0.05, 0.1) is 5.02 Å². The molecule has 0 aromatic heterocycles. The van der Waals surface area contributed by atoms with E-state index in [1.807, 2.05) is 0 Å². The maximum atomic E-state index is 11.4. The number of hydrogen-bond acceptors (Lipinski definition) is 4. The predicted octanol–water partition coefficient (Wildman–Crippen LogP) is 1.50. The minimum absolute atomic E-state index is 0.101. The van der Waals surface area contributed by atoms with Crippen molar-refractivity contribution in [3.05, 3.63) is 22.7 Å². The van der Waals surface area contributed by atoms with Crippen molar-refractivity contribution in [3.8, 4) is 11.5 Å². The zero-order chi connectivity index (χ0) is 14.0. The van der Waals surface area contributed by atoms with Crippen LogP contribution in [0.1, 0.15) is 12.5 Å². The molecule has 0 unspecified atom stereocenters. The SMILES string of the molecule is CC(=O)N(CC(=O)O)Cc1cc(Cl)c2c(c1)OCO2. The molecule has 1 amide bonds. The molecule has 1 heterocycles. The van der Waals surface area contributed by atoms with Crippen molar-refractivity contribution < 1.29 is 24.2 Å². The second-order valence-electron chi connectivity index (χ2n) is 4.08. The van der Waals surface area contributed by atoms with Crippen LogP contribution in [0.5, 0.6) is 11.5 Å². The van der Waals surface area contributed by atoms with Gasteiger partial charge in [0.1, 0.15) is 6.54 Å². The highest BCUT2D eigenvalue weighted by Gasteiger charge is 2.20. The molecule has 1 aromatic carbocycles. The largest absolute Gasteiger partial charge is 0.480 e. The number of hydrogen-bond donors (Lipinski definition) is 1. The number of benzene rings is 1. The third kappa shape index (κ3) is 3.08. The molecule has 0 saturated heterocycles. The standard InChI is InChI=1S/C12H12ClNO5/c1-7(15)14(5-11(16)17)4-8-2-9(13)12-10(3-8)18-6-19-12/h2-3H,4-6H2,1H3,(H,16,17). The maximum absolute atomic E-state index is 11.4. The third-order valence-electron chi connectivity index (χ3n) is 2.63. The number of halogens is 1. The molecule has 1 aliphatic heterocycles. The van der Waals surface area contributed by atoms with Crippen LogP contribution in [0.4, 0.5) is 0 Å². The normalized spacial score (nSPS) is 12.3. The molecule has 0 spiro atoms. The van der Waals surface area contributed by atoms with E-state index in [0.717, 1.165) is 0 Å². The first-order chi connectivity index (χ1) is 8.97. The van der Waals surface area contributed by atoms with E-state index in [2.05, 4.69) is 0 Å². The Morgan fingerprint density at radius 3 is 2.79 bits per heavy atom. The number of amides is 1. The zero-order valence-electron chi connectivity index (χ0n) is 10.2. The molecule has 6 nitrogen and oxygen atoms in total. The van der Waals surface area contributed by atoms with Crippen molar-refractivity contribution >= 4 is 23.5 Å². The van der Waals surface area contributed by atoms with Crippen molar-refractivity contribution in [2.45, 2.75) is 13.5 Å². The van der Waals surface area contributed by atoms with Crippen molar-refractivity contribution in [3.63, 3.8) is 0 Å². The molecule has 1 aliphatic rings. The average molecular weight is 286 g/mol. The van der Waals surface area contributed by atoms with Crippen LogP contribution >= 0.6 is 11.6 Å². The monoisotopic (exact) mass is 285 g/mol. The number of nitrogens with zero attached hydrogens (tertiary/aromatic N) is 1. The van der Waals surface area contributed by atoms with Crippen molar-refractivity contribution in [1.29, 1.82) is 0 Å². The number of carbonyl (C=O) groups is 2. The first-order valence-corrected chi connectivity index (χ1v) is 5.90. The number of ether oxygens (including phenoxy) is 2. The number of fused-ring (bicyclic) bond motifs is 1. The summed E-state index contributed by atoms with van der Waals surface area (Å²) in [5.41, 5.74) is 0.686. The van der Waals surface area contributed by atoms with Crippen molar-refractivity contribution in [2.24, 2.45) is 0 Å². The summed E-state index contributed by atoms with van der Waals surface area (Å²) in [6.45, 7) is 1.21. The first-order valence-electron chi connectivity index (χ1n) is 5.52. The summed E-state index contributed by atoms with van der Waals surface area (Å²) >= 11 is 6.02. The lowest BCUT2D eigenvalue weighted by Gasteiger charge is -2.19. The van der Waals surface area contributed by atoms with Gasteiger partial charge in [0.2, 0.25) is 12.7 Å². The molecule has 19 heavy (non-hydrogen) atoms. The van der Waals surface area contributed by atoms with Crippen LogP contribution in [-0.2, 0) is 16.1 Å². The second-order valence-corrected chi connectivity index (χ2v) is 4.49. The van der Waals surface area contributed by atoms with Gasteiger partial charge in [-0.25, -0.2) is 0 Å². The molecular weight excluding hydrogens is 274 g/mol. The van der Waals surface area contributed by atoms with Gasteiger partial charge >= 0.3 is 5.97 Å². The average Bonchev–Trinajstić information content (AvgIpc) is 2.76. The molecular formula is C12H12ClNO5. The molecule has 1 N–H and O–H groups in total. The Bertz CT molecular complexity index is 531. The molecule has 0 atom stereocenters. The van der Waals surface area contributed by atoms with Gasteiger partial charge in [0.15, 0.2) is 11.5 Å². The molecule has 1 aromatic rings. The number of carboxylic acid groups (broad SMARTS) is 1. The summed E-state index contributed by atoms with van der Waals surface area (Å²) in [5.74, 6) is -0.419.